The lowest BCUT2D eigenvalue weighted by Crippen LogP contribution is -2.24. The molecule has 0 bridgehead atoms. The Morgan fingerprint density at radius 3 is 2.17 bits per heavy atom. The summed E-state index contributed by atoms with van der Waals surface area (Å²) in [4.78, 5) is 14.5. The van der Waals surface area contributed by atoms with Crippen LogP contribution >= 0.6 is 0 Å². The van der Waals surface area contributed by atoms with E-state index in [2.05, 4.69) is 41.3 Å². The summed E-state index contributed by atoms with van der Waals surface area (Å²) >= 11 is 0. The lowest BCUT2D eigenvalue weighted by molar-refractivity contribution is -0.145. The molecule has 1 heterocycles. The molecule has 3 heteroatoms. The van der Waals surface area contributed by atoms with Crippen LogP contribution in [0.1, 0.15) is 30.9 Å². The molecule has 0 aliphatic carbocycles. The molecule has 2 atom stereocenters. The summed E-state index contributed by atoms with van der Waals surface area (Å²) in [5, 5.41) is 0. The van der Waals surface area contributed by atoms with Gasteiger partial charge in [-0.2, -0.15) is 0 Å². The quantitative estimate of drug-likeness (QED) is 0.793. The normalized spacial score (nSPS) is 20.1. The number of carbonyl (C=O) groups excluding carboxylic acids is 1. The van der Waals surface area contributed by atoms with Crippen LogP contribution < -0.4 is 0 Å². The van der Waals surface area contributed by atoms with E-state index < -0.39 is 0 Å². The highest BCUT2D eigenvalue weighted by molar-refractivity contribution is 5.74. The third-order valence-corrected chi connectivity index (χ3v) is 4.38. The summed E-state index contributed by atoms with van der Waals surface area (Å²) in [6.45, 7) is 6.51. The van der Waals surface area contributed by atoms with Crippen molar-refractivity contribution < 1.29 is 9.53 Å². The van der Waals surface area contributed by atoms with Gasteiger partial charge in [0.05, 0.1) is 13.0 Å². The first-order chi connectivity index (χ1) is 11.8. The van der Waals surface area contributed by atoms with E-state index in [0.29, 0.717) is 0 Å². The first kappa shape index (κ1) is 18.2. The maximum Gasteiger partial charge on any atom is 0.310 e. The Labute approximate surface area is 145 Å². The SMILES string of the molecule is CC.COC(=O)[C@@H]1CN(Cc2ccccc2)C[C@H]1c1ccccc1. The molecule has 3 nitrogen and oxygen atoms in total. The molecule has 1 saturated heterocycles. The molecule has 0 spiro atoms. The Bertz CT molecular complexity index is 612. The lowest BCUT2D eigenvalue weighted by Gasteiger charge is -2.16. The van der Waals surface area contributed by atoms with Crippen molar-refractivity contribution in [3.63, 3.8) is 0 Å². The van der Waals surface area contributed by atoms with Crippen LogP contribution in [0.5, 0.6) is 0 Å². The summed E-state index contributed by atoms with van der Waals surface area (Å²) in [5.41, 5.74) is 2.49. The number of benzene rings is 2. The fourth-order valence-electron chi connectivity index (χ4n) is 3.28. The van der Waals surface area contributed by atoms with E-state index in [1.54, 1.807) is 0 Å². The van der Waals surface area contributed by atoms with Gasteiger partial charge in [-0.3, -0.25) is 9.69 Å². The number of hydrogen-bond acceptors (Lipinski definition) is 3. The Balaban J connectivity index is 0.00000100. The van der Waals surface area contributed by atoms with Gasteiger partial charge in [-0.05, 0) is 11.1 Å². The Hall–Kier alpha value is -2.13. The van der Waals surface area contributed by atoms with Crippen LogP contribution in [0.15, 0.2) is 60.7 Å². The zero-order chi connectivity index (χ0) is 17.4. The Morgan fingerprint density at radius 1 is 1.00 bits per heavy atom. The number of ether oxygens (including phenoxy) is 1. The van der Waals surface area contributed by atoms with Gasteiger partial charge in [-0.1, -0.05) is 74.5 Å². The van der Waals surface area contributed by atoms with Gasteiger partial charge in [-0.15, -0.1) is 0 Å². The summed E-state index contributed by atoms with van der Waals surface area (Å²) in [5.74, 6) is 0.0119. The molecular weight excluding hydrogens is 298 g/mol. The van der Waals surface area contributed by atoms with Gasteiger partial charge < -0.3 is 4.74 Å². The fourth-order valence-corrected chi connectivity index (χ4v) is 3.28. The van der Waals surface area contributed by atoms with E-state index in [1.807, 2.05) is 38.1 Å². The standard InChI is InChI=1S/C19H21NO2.C2H6/c1-22-19(21)18-14-20(12-15-8-4-2-5-9-15)13-17(18)16-10-6-3-7-11-16;1-2/h2-11,17-18H,12-14H2,1H3;1-2H3/t17-,18+;/m0./s1. The second kappa shape index (κ2) is 9.24. The third kappa shape index (κ3) is 4.45. The smallest absolute Gasteiger partial charge is 0.310 e. The minimum Gasteiger partial charge on any atom is -0.469 e. The summed E-state index contributed by atoms with van der Waals surface area (Å²) in [6.07, 6.45) is 0. The zero-order valence-electron chi connectivity index (χ0n) is 14.8. The van der Waals surface area contributed by atoms with E-state index in [1.165, 1.54) is 18.2 Å². The molecule has 128 valence electrons. The average molecular weight is 325 g/mol. The van der Waals surface area contributed by atoms with Crippen LogP contribution in [0.3, 0.4) is 0 Å². The number of esters is 1. The van der Waals surface area contributed by atoms with Gasteiger partial charge in [0.15, 0.2) is 0 Å². The van der Waals surface area contributed by atoms with Crippen LogP contribution in [0.4, 0.5) is 0 Å². The molecule has 0 amide bonds. The number of hydrogen-bond donors (Lipinski definition) is 0. The molecule has 0 saturated carbocycles. The molecule has 0 N–H and O–H groups in total. The first-order valence-corrected chi connectivity index (χ1v) is 8.67. The topological polar surface area (TPSA) is 29.5 Å². The highest BCUT2D eigenvalue weighted by atomic mass is 16.5. The molecule has 0 unspecified atom stereocenters. The van der Waals surface area contributed by atoms with Crippen LogP contribution in [0, 0.1) is 5.92 Å². The molecule has 0 aromatic heterocycles. The Morgan fingerprint density at radius 2 is 1.58 bits per heavy atom. The molecule has 2 aromatic carbocycles. The van der Waals surface area contributed by atoms with Crippen molar-refractivity contribution >= 4 is 5.97 Å². The van der Waals surface area contributed by atoms with Crippen molar-refractivity contribution in [2.75, 3.05) is 20.2 Å². The number of carbonyl (C=O) groups is 1. The largest absolute Gasteiger partial charge is 0.469 e. The molecule has 0 radical (unpaired) electrons. The number of likely N-dealkylation sites (tertiary alicyclic amines) is 1. The summed E-state index contributed by atoms with van der Waals surface area (Å²) in [7, 11) is 1.48. The van der Waals surface area contributed by atoms with E-state index in [4.69, 9.17) is 4.74 Å². The highest BCUT2D eigenvalue weighted by Gasteiger charge is 2.38. The lowest BCUT2D eigenvalue weighted by atomic mass is 9.89. The van der Waals surface area contributed by atoms with E-state index in [0.717, 1.165) is 19.6 Å². The van der Waals surface area contributed by atoms with E-state index in [-0.39, 0.29) is 17.8 Å². The van der Waals surface area contributed by atoms with Crippen molar-refractivity contribution in [2.45, 2.75) is 26.3 Å². The Kier molecular flexibility index (Phi) is 7.01. The molecule has 1 aliphatic rings. The van der Waals surface area contributed by atoms with Crippen molar-refractivity contribution in [2.24, 2.45) is 5.92 Å². The average Bonchev–Trinajstić information content (AvgIpc) is 3.08. The summed E-state index contributed by atoms with van der Waals surface area (Å²) in [6, 6.07) is 20.7. The second-order valence-corrected chi connectivity index (χ2v) is 5.83. The van der Waals surface area contributed by atoms with E-state index in [9.17, 15) is 4.79 Å². The molecule has 2 aromatic rings. The zero-order valence-corrected chi connectivity index (χ0v) is 14.8. The van der Waals surface area contributed by atoms with Crippen LogP contribution in [0.25, 0.3) is 0 Å². The number of methoxy groups -OCH3 is 1. The van der Waals surface area contributed by atoms with Gasteiger partial charge in [0.2, 0.25) is 0 Å². The highest BCUT2D eigenvalue weighted by Crippen LogP contribution is 2.34. The van der Waals surface area contributed by atoms with Gasteiger partial charge in [0.25, 0.3) is 0 Å². The van der Waals surface area contributed by atoms with Crippen molar-refractivity contribution in [3.8, 4) is 0 Å². The molecule has 1 aliphatic heterocycles. The van der Waals surface area contributed by atoms with Crippen LogP contribution in [-0.4, -0.2) is 31.1 Å². The first-order valence-electron chi connectivity index (χ1n) is 8.67. The number of rotatable bonds is 4. The van der Waals surface area contributed by atoms with Gasteiger partial charge >= 0.3 is 5.97 Å². The minimum atomic E-state index is -0.107. The molecule has 1 fully saturated rings. The third-order valence-electron chi connectivity index (χ3n) is 4.38. The molecule has 24 heavy (non-hydrogen) atoms. The van der Waals surface area contributed by atoms with Gasteiger partial charge in [0, 0.05) is 25.6 Å². The van der Waals surface area contributed by atoms with Crippen molar-refractivity contribution in [1.82, 2.24) is 4.90 Å². The van der Waals surface area contributed by atoms with Gasteiger partial charge in [0.1, 0.15) is 0 Å². The van der Waals surface area contributed by atoms with Gasteiger partial charge in [-0.25, -0.2) is 0 Å². The van der Waals surface area contributed by atoms with Crippen LogP contribution in [-0.2, 0) is 16.1 Å². The summed E-state index contributed by atoms with van der Waals surface area (Å²) < 4.78 is 5.02. The van der Waals surface area contributed by atoms with Crippen molar-refractivity contribution in [1.29, 1.82) is 0 Å². The maximum absolute atomic E-state index is 12.1. The predicted molar refractivity (Wildman–Crippen MR) is 97.8 cm³/mol. The number of nitrogens with zero attached hydrogens (tertiary/aromatic N) is 1. The monoisotopic (exact) mass is 325 g/mol. The molecular formula is C21H27NO2. The second-order valence-electron chi connectivity index (χ2n) is 5.83. The van der Waals surface area contributed by atoms with Crippen LogP contribution in [0.2, 0.25) is 0 Å². The van der Waals surface area contributed by atoms with E-state index >= 15 is 0 Å². The fraction of sp³-hybridized carbons (Fsp3) is 0.381. The van der Waals surface area contributed by atoms with Crippen molar-refractivity contribution in [3.05, 3.63) is 71.8 Å². The predicted octanol–water partition coefficient (Wildman–Crippen LogP) is 4.10. The maximum atomic E-state index is 12.1. The minimum absolute atomic E-state index is 0.0869. The molecule has 3 rings (SSSR count).